The monoisotopic (exact) mass is 372 g/mol. The van der Waals surface area contributed by atoms with E-state index in [1.165, 1.54) is 3.57 Å². The molecule has 18 heavy (non-hydrogen) atoms. The van der Waals surface area contributed by atoms with E-state index in [0.29, 0.717) is 12.8 Å². The van der Waals surface area contributed by atoms with E-state index in [1.54, 1.807) is 0 Å². The second-order valence-corrected chi connectivity index (χ2v) is 5.93. The van der Waals surface area contributed by atoms with E-state index in [9.17, 15) is 5.11 Å². The van der Waals surface area contributed by atoms with Gasteiger partial charge >= 0.3 is 0 Å². The van der Waals surface area contributed by atoms with E-state index in [1.807, 2.05) is 24.3 Å². The molecule has 1 nitrogen and oxygen atoms in total. The molecule has 0 spiro atoms. The van der Waals surface area contributed by atoms with Gasteiger partial charge in [-0.1, -0.05) is 41.9 Å². The van der Waals surface area contributed by atoms with Gasteiger partial charge in [-0.3, -0.25) is 0 Å². The van der Waals surface area contributed by atoms with Crippen LogP contribution in [0.3, 0.4) is 0 Å². The first-order valence-corrected chi connectivity index (χ1v) is 7.27. The Bertz CT molecular complexity index is 510. The highest BCUT2D eigenvalue weighted by atomic mass is 127. The third-order valence-electron chi connectivity index (χ3n) is 2.80. The zero-order valence-electron chi connectivity index (χ0n) is 9.81. The Hall–Kier alpha value is -0.580. The molecule has 0 heterocycles. The van der Waals surface area contributed by atoms with E-state index in [0.717, 1.165) is 16.1 Å². The van der Waals surface area contributed by atoms with Crippen molar-refractivity contribution in [1.29, 1.82) is 0 Å². The third-order valence-corrected chi connectivity index (χ3v) is 3.89. The molecule has 3 heteroatoms. The van der Waals surface area contributed by atoms with Crippen molar-refractivity contribution in [3.63, 3.8) is 0 Å². The van der Waals surface area contributed by atoms with Gasteiger partial charge in [-0.25, -0.2) is 0 Å². The summed E-state index contributed by atoms with van der Waals surface area (Å²) in [5, 5.41) is 10.8. The molecule has 1 unspecified atom stereocenters. The molecule has 0 fully saturated rings. The average molecular weight is 373 g/mol. The first-order chi connectivity index (χ1) is 8.65. The lowest BCUT2D eigenvalue weighted by Crippen LogP contribution is -2.14. The molecule has 0 bridgehead atoms. The maximum atomic E-state index is 10.1. The summed E-state index contributed by atoms with van der Waals surface area (Å²) in [5.41, 5.74) is 2.15. The Morgan fingerprint density at radius 1 is 1.00 bits per heavy atom. The Balaban J connectivity index is 1.99. The molecule has 0 aromatic heterocycles. The van der Waals surface area contributed by atoms with Gasteiger partial charge < -0.3 is 5.11 Å². The largest absolute Gasteiger partial charge is 0.392 e. The van der Waals surface area contributed by atoms with E-state index < -0.39 is 6.10 Å². The summed E-state index contributed by atoms with van der Waals surface area (Å²) >= 11 is 8.35. The maximum Gasteiger partial charge on any atom is 0.0621 e. The van der Waals surface area contributed by atoms with E-state index in [-0.39, 0.29) is 0 Å². The predicted octanol–water partition coefficient (Wildman–Crippen LogP) is 4.09. The molecule has 2 aromatic carbocycles. The molecular weight excluding hydrogens is 359 g/mol. The van der Waals surface area contributed by atoms with Crippen LogP contribution >= 0.6 is 34.2 Å². The summed E-state index contributed by atoms with van der Waals surface area (Å²) in [6.07, 6.45) is 0.846. The van der Waals surface area contributed by atoms with Crippen molar-refractivity contribution in [2.75, 3.05) is 0 Å². The average Bonchev–Trinajstić information content (AvgIpc) is 2.35. The van der Waals surface area contributed by atoms with Gasteiger partial charge in [0.1, 0.15) is 0 Å². The highest BCUT2D eigenvalue weighted by Crippen LogP contribution is 2.18. The van der Waals surface area contributed by atoms with Crippen LogP contribution in [0.15, 0.2) is 48.5 Å². The fraction of sp³-hybridized carbons (Fsp3) is 0.200. The van der Waals surface area contributed by atoms with Crippen LogP contribution < -0.4 is 0 Å². The van der Waals surface area contributed by atoms with Gasteiger partial charge in [0, 0.05) is 15.0 Å². The van der Waals surface area contributed by atoms with Crippen LogP contribution in [-0.2, 0) is 12.8 Å². The molecule has 2 rings (SSSR count). The lowest BCUT2D eigenvalue weighted by atomic mass is 10.0. The molecule has 2 aromatic rings. The van der Waals surface area contributed by atoms with E-state index >= 15 is 0 Å². The fourth-order valence-electron chi connectivity index (χ4n) is 1.88. The minimum absolute atomic E-state index is 0.398. The SMILES string of the molecule is OC(Cc1ccc(I)cc1)Cc1ccccc1Cl. The van der Waals surface area contributed by atoms with E-state index in [2.05, 4.69) is 46.9 Å². The van der Waals surface area contributed by atoms with Crippen molar-refractivity contribution in [1.82, 2.24) is 0 Å². The standard InChI is InChI=1S/C15H14ClIO/c16-15-4-2-1-3-12(15)10-14(18)9-11-5-7-13(17)8-6-11/h1-8,14,18H,9-10H2. The predicted molar refractivity (Wildman–Crippen MR) is 84.0 cm³/mol. The second-order valence-electron chi connectivity index (χ2n) is 4.28. The molecule has 94 valence electrons. The number of hydrogen-bond acceptors (Lipinski definition) is 1. The smallest absolute Gasteiger partial charge is 0.0621 e. The highest BCUT2D eigenvalue weighted by molar-refractivity contribution is 14.1. The number of aliphatic hydroxyl groups excluding tert-OH is 1. The van der Waals surface area contributed by atoms with Crippen LogP contribution in [0.25, 0.3) is 0 Å². The van der Waals surface area contributed by atoms with Gasteiger partial charge in [0.25, 0.3) is 0 Å². The quantitative estimate of drug-likeness (QED) is 0.802. The van der Waals surface area contributed by atoms with Gasteiger partial charge in [0.05, 0.1) is 6.10 Å². The summed E-state index contributed by atoms with van der Waals surface area (Å²) < 4.78 is 1.21. The van der Waals surface area contributed by atoms with Crippen molar-refractivity contribution in [2.45, 2.75) is 18.9 Å². The van der Waals surface area contributed by atoms with E-state index in [4.69, 9.17) is 11.6 Å². The van der Waals surface area contributed by atoms with Crippen LogP contribution in [0.4, 0.5) is 0 Å². The molecule has 1 atom stereocenters. The number of halogens is 2. The minimum Gasteiger partial charge on any atom is -0.392 e. The number of hydrogen-bond donors (Lipinski definition) is 1. The van der Waals surface area contributed by atoms with Crippen LogP contribution in [0.1, 0.15) is 11.1 Å². The van der Waals surface area contributed by atoms with Gasteiger partial charge in [-0.15, -0.1) is 0 Å². The number of benzene rings is 2. The molecule has 0 saturated carbocycles. The van der Waals surface area contributed by atoms with Crippen LogP contribution in [0.2, 0.25) is 5.02 Å². The summed E-state index contributed by atoms with van der Waals surface area (Å²) in [5.74, 6) is 0. The third kappa shape index (κ3) is 3.97. The zero-order valence-corrected chi connectivity index (χ0v) is 12.7. The van der Waals surface area contributed by atoms with Crippen LogP contribution in [0.5, 0.6) is 0 Å². The highest BCUT2D eigenvalue weighted by Gasteiger charge is 2.09. The normalized spacial score (nSPS) is 12.4. The molecular formula is C15H14ClIO. The number of aliphatic hydroxyl groups is 1. The fourth-order valence-corrected chi connectivity index (χ4v) is 2.45. The van der Waals surface area contributed by atoms with Gasteiger partial charge in [-0.05, 0) is 58.3 Å². The molecule has 0 amide bonds. The Kier molecular flexibility index (Phi) is 5.03. The second kappa shape index (κ2) is 6.55. The molecule has 0 aliphatic carbocycles. The molecule has 0 saturated heterocycles. The Morgan fingerprint density at radius 3 is 2.33 bits per heavy atom. The minimum atomic E-state index is -0.398. The van der Waals surface area contributed by atoms with Gasteiger partial charge in [0.15, 0.2) is 0 Å². The van der Waals surface area contributed by atoms with Gasteiger partial charge in [0.2, 0.25) is 0 Å². The van der Waals surface area contributed by atoms with Crippen molar-refractivity contribution in [3.05, 3.63) is 68.3 Å². The topological polar surface area (TPSA) is 20.2 Å². The Labute approximate surface area is 126 Å². The summed E-state index contributed by atoms with van der Waals surface area (Å²) in [7, 11) is 0. The molecule has 0 aliphatic heterocycles. The first-order valence-electron chi connectivity index (χ1n) is 5.81. The lowest BCUT2D eigenvalue weighted by molar-refractivity contribution is 0.175. The Morgan fingerprint density at radius 2 is 1.67 bits per heavy atom. The van der Waals surface area contributed by atoms with Crippen molar-refractivity contribution in [2.24, 2.45) is 0 Å². The summed E-state index contributed by atoms with van der Waals surface area (Å²) in [6, 6.07) is 15.9. The lowest BCUT2D eigenvalue weighted by Gasteiger charge is -2.12. The summed E-state index contributed by atoms with van der Waals surface area (Å²) in [6.45, 7) is 0. The van der Waals surface area contributed by atoms with Crippen molar-refractivity contribution in [3.8, 4) is 0 Å². The molecule has 0 aliphatic rings. The van der Waals surface area contributed by atoms with Gasteiger partial charge in [-0.2, -0.15) is 0 Å². The number of rotatable bonds is 4. The van der Waals surface area contributed by atoms with Crippen LogP contribution in [-0.4, -0.2) is 11.2 Å². The molecule has 1 N–H and O–H groups in total. The maximum absolute atomic E-state index is 10.1. The van der Waals surface area contributed by atoms with Crippen LogP contribution in [0, 0.1) is 3.57 Å². The van der Waals surface area contributed by atoms with Crippen molar-refractivity contribution >= 4 is 34.2 Å². The zero-order chi connectivity index (χ0) is 13.0. The summed E-state index contributed by atoms with van der Waals surface area (Å²) in [4.78, 5) is 0. The van der Waals surface area contributed by atoms with Crippen molar-refractivity contribution < 1.29 is 5.11 Å². The molecule has 0 radical (unpaired) electrons. The first kappa shape index (κ1) is 13.8.